The van der Waals surface area contributed by atoms with Crippen molar-refractivity contribution >= 4 is 5.82 Å². The number of ether oxygens (including phenoxy) is 1. The van der Waals surface area contributed by atoms with Crippen molar-refractivity contribution in [2.24, 2.45) is 0 Å². The summed E-state index contributed by atoms with van der Waals surface area (Å²) in [6.07, 6.45) is -3.23. The van der Waals surface area contributed by atoms with Gasteiger partial charge in [0, 0.05) is 18.0 Å². The molecule has 0 bridgehead atoms. The van der Waals surface area contributed by atoms with Crippen LogP contribution in [-0.2, 0) is 6.18 Å². The Bertz CT molecular complexity index is 626. The van der Waals surface area contributed by atoms with Crippen LogP contribution < -0.4 is 10.1 Å². The minimum Gasteiger partial charge on any atom is -0.475 e. The summed E-state index contributed by atoms with van der Waals surface area (Å²) < 4.78 is 43.4. The Morgan fingerprint density at radius 3 is 2.68 bits per heavy atom. The molecule has 1 N–H and O–H groups in total. The molecule has 2 aromatic heterocycles. The van der Waals surface area contributed by atoms with Gasteiger partial charge in [0.2, 0.25) is 5.88 Å². The molecule has 2 rings (SSSR count). The minimum atomic E-state index is -4.49. The zero-order chi connectivity index (χ0) is 16.2. The number of hydrogen-bond donors (Lipinski definition) is 1. The quantitative estimate of drug-likeness (QED) is 0.860. The normalized spacial score (nSPS) is 11.3. The third-order valence-corrected chi connectivity index (χ3v) is 2.69. The number of alkyl halides is 3. The first-order chi connectivity index (χ1) is 10.4. The molecular weight excluding hydrogens is 297 g/mol. The van der Waals surface area contributed by atoms with Gasteiger partial charge in [0.25, 0.3) is 0 Å². The summed E-state index contributed by atoms with van der Waals surface area (Å²) in [7, 11) is 0. The average molecular weight is 312 g/mol. The molecule has 0 saturated carbocycles. The Morgan fingerprint density at radius 1 is 1.23 bits per heavy atom. The van der Waals surface area contributed by atoms with E-state index in [4.69, 9.17) is 4.74 Å². The maximum atomic E-state index is 12.8. The van der Waals surface area contributed by atoms with Crippen molar-refractivity contribution in [1.29, 1.82) is 0 Å². The molecule has 2 aromatic rings. The molecule has 0 amide bonds. The molecule has 5 nitrogen and oxygen atoms in total. The van der Waals surface area contributed by atoms with Crippen LogP contribution >= 0.6 is 0 Å². The number of rotatable bonds is 5. The van der Waals surface area contributed by atoms with Gasteiger partial charge in [0.15, 0.2) is 0 Å². The highest BCUT2D eigenvalue weighted by Gasteiger charge is 2.34. The van der Waals surface area contributed by atoms with Gasteiger partial charge < -0.3 is 10.1 Å². The smallest absolute Gasteiger partial charge is 0.421 e. The molecule has 0 saturated heterocycles. The van der Waals surface area contributed by atoms with E-state index in [0.717, 1.165) is 11.8 Å². The summed E-state index contributed by atoms with van der Waals surface area (Å²) in [4.78, 5) is 11.9. The fourth-order valence-corrected chi connectivity index (χ4v) is 1.86. The van der Waals surface area contributed by atoms with Gasteiger partial charge >= 0.3 is 6.18 Å². The van der Waals surface area contributed by atoms with Gasteiger partial charge in [-0.25, -0.2) is 15.0 Å². The molecule has 0 aromatic carbocycles. The van der Waals surface area contributed by atoms with Crippen molar-refractivity contribution in [2.45, 2.75) is 20.0 Å². The molecule has 0 radical (unpaired) electrons. The molecule has 0 spiro atoms. The Labute approximate surface area is 125 Å². The van der Waals surface area contributed by atoms with Crippen LogP contribution in [0.3, 0.4) is 0 Å². The summed E-state index contributed by atoms with van der Waals surface area (Å²) in [6, 6.07) is 3.90. The van der Waals surface area contributed by atoms with Gasteiger partial charge in [-0.15, -0.1) is 0 Å². The van der Waals surface area contributed by atoms with Crippen LogP contribution in [0, 0.1) is 13.8 Å². The SMILES string of the molecule is Cc1cc(NCCOc2ncccc2C(F)(F)F)nc(C)n1. The second-order valence-corrected chi connectivity index (χ2v) is 4.57. The van der Waals surface area contributed by atoms with Crippen molar-refractivity contribution in [3.63, 3.8) is 0 Å². The topological polar surface area (TPSA) is 59.9 Å². The predicted octanol–water partition coefficient (Wildman–Crippen LogP) is 3.00. The van der Waals surface area contributed by atoms with Crippen molar-refractivity contribution in [1.82, 2.24) is 15.0 Å². The zero-order valence-corrected chi connectivity index (χ0v) is 12.1. The van der Waals surface area contributed by atoms with Gasteiger partial charge in [-0.1, -0.05) is 0 Å². The monoisotopic (exact) mass is 312 g/mol. The number of nitrogens with one attached hydrogen (secondary N) is 1. The number of aromatic nitrogens is 3. The summed E-state index contributed by atoms with van der Waals surface area (Å²) >= 11 is 0. The third kappa shape index (κ3) is 4.31. The van der Waals surface area contributed by atoms with Crippen LogP contribution in [0.2, 0.25) is 0 Å². The minimum absolute atomic E-state index is 0.0300. The standard InChI is InChI=1S/C14H15F3N4O/c1-9-8-12(21-10(2)20-9)18-6-7-22-13-11(14(15,16)17)4-3-5-19-13/h3-5,8H,6-7H2,1-2H3,(H,18,20,21). The van der Waals surface area contributed by atoms with Gasteiger partial charge in [-0.05, 0) is 26.0 Å². The van der Waals surface area contributed by atoms with Gasteiger partial charge in [-0.2, -0.15) is 13.2 Å². The summed E-state index contributed by atoms with van der Waals surface area (Å²) in [6.45, 7) is 3.92. The third-order valence-electron chi connectivity index (χ3n) is 2.69. The Hall–Kier alpha value is -2.38. The van der Waals surface area contributed by atoms with Crippen molar-refractivity contribution in [3.8, 4) is 5.88 Å². The Morgan fingerprint density at radius 2 is 2.00 bits per heavy atom. The average Bonchev–Trinajstić information content (AvgIpc) is 2.42. The molecule has 0 atom stereocenters. The Kier molecular flexibility index (Phi) is 4.79. The highest BCUT2D eigenvalue weighted by molar-refractivity contribution is 5.35. The molecule has 2 heterocycles. The maximum Gasteiger partial charge on any atom is 0.421 e. The van der Waals surface area contributed by atoms with E-state index in [1.165, 1.54) is 12.3 Å². The number of anilines is 1. The number of pyridine rings is 1. The van der Waals surface area contributed by atoms with Crippen LogP contribution in [0.1, 0.15) is 17.1 Å². The highest BCUT2D eigenvalue weighted by atomic mass is 19.4. The van der Waals surface area contributed by atoms with Crippen molar-refractivity contribution < 1.29 is 17.9 Å². The van der Waals surface area contributed by atoms with E-state index in [9.17, 15) is 13.2 Å². The van der Waals surface area contributed by atoms with Gasteiger partial charge in [0.05, 0.1) is 6.54 Å². The molecule has 0 fully saturated rings. The van der Waals surface area contributed by atoms with E-state index in [-0.39, 0.29) is 6.61 Å². The molecule has 0 aliphatic heterocycles. The first-order valence-electron chi connectivity index (χ1n) is 6.57. The lowest BCUT2D eigenvalue weighted by atomic mass is 10.2. The van der Waals surface area contributed by atoms with Crippen LogP contribution in [0.5, 0.6) is 5.88 Å². The number of halogens is 3. The molecule has 118 valence electrons. The zero-order valence-electron chi connectivity index (χ0n) is 12.1. The molecule has 0 unspecified atom stereocenters. The fourth-order valence-electron chi connectivity index (χ4n) is 1.86. The number of hydrogen-bond acceptors (Lipinski definition) is 5. The molecule has 0 aliphatic rings. The van der Waals surface area contributed by atoms with Crippen molar-refractivity contribution in [3.05, 3.63) is 41.5 Å². The number of aryl methyl sites for hydroxylation is 2. The first-order valence-corrected chi connectivity index (χ1v) is 6.57. The summed E-state index contributed by atoms with van der Waals surface area (Å²) in [5.74, 6) is 0.796. The lowest BCUT2D eigenvalue weighted by molar-refractivity contribution is -0.139. The van der Waals surface area contributed by atoms with Crippen LogP contribution in [0.4, 0.5) is 19.0 Å². The predicted molar refractivity (Wildman–Crippen MR) is 74.7 cm³/mol. The molecule has 22 heavy (non-hydrogen) atoms. The fraction of sp³-hybridized carbons (Fsp3) is 0.357. The van der Waals surface area contributed by atoms with Crippen molar-refractivity contribution in [2.75, 3.05) is 18.5 Å². The van der Waals surface area contributed by atoms with Crippen LogP contribution in [0.15, 0.2) is 24.4 Å². The maximum absolute atomic E-state index is 12.8. The van der Waals surface area contributed by atoms with E-state index in [0.29, 0.717) is 18.2 Å². The van der Waals surface area contributed by atoms with Crippen LogP contribution in [-0.4, -0.2) is 28.1 Å². The Balaban J connectivity index is 1.92. The number of nitrogens with zero attached hydrogens (tertiary/aromatic N) is 3. The van der Waals surface area contributed by atoms with Gasteiger partial charge in [-0.3, -0.25) is 0 Å². The highest BCUT2D eigenvalue weighted by Crippen LogP contribution is 2.34. The molecule has 8 heteroatoms. The van der Waals surface area contributed by atoms with E-state index in [2.05, 4.69) is 20.3 Å². The first kappa shape index (κ1) is 16.0. The summed E-state index contributed by atoms with van der Waals surface area (Å²) in [5.41, 5.74) is -0.0799. The van der Waals surface area contributed by atoms with Crippen LogP contribution in [0.25, 0.3) is 0 Å². The van der Waals surface area contributed by atoms with E-state index in [1.54, 1.807) is 13.0 Å². The van der Waals surface area contributed by atoms with Gasteiger partial charge in [0.1, 0.15) is 23.8 Å². The summed E-state index contributed by atoms with van der Waals surface area (Å²) in [5, 5.41) is 2.97. The molecule has 0 aliphatic carbocycles. The van der Waals surface area contributed by atoms with E-state index < -0.39 is 17.6 Å². The van der Waals surface area contributed by atoms with E-state index >= 15 is 0 Å². The van der Waals surface area contributed by atoms with E-state index in [1.807, 2.05) is 6.92 Å². The largest absolute Gasteiger partial charge is 0.475 e. The second-order valence-electron chi connectivity index (χ2n) is 4.57. The lowest BCUT2D eigenvalue weighted by Gasteiger charge is -2.13. The second kappa shape index (κ2) is 6.59. The molecular formula is C14H15F3N4O. The lowest BCUT2D eigenvalue weighted by Crippen LogP contribution is -2.16.